The molecule has 0 fully saturated rings. The molecule has 3 aromatic rings. The van der Waals surface area contributed by atoms with Crippen molar-refractivity contribution in [3.63, 3.8) is 0 Å². The SMILES string of the molecule is CCCS(=O)(=O)c1ccc(O)c(N=Nc2c(S(=O)(=O)O)cc3cc(S(=O)(=O)O)cc(S(=O)(=O)O)c3c2O)c1.[Cu]. The van der Waals surface area contributed by atoms with Gasteiger partial charge in [-0.25, -0.2) is 8.42 Å². The van der Waals surface area contributed by atoms with E-state index in [2.05, 4.69) is 10.2 Å². The average Bonchev–Trinajstić information content (AvgIpc) is 2.76. The van der Waals surface area contributed by atoms with Gasteiger partial charge >= 0.3 is 0 Å². The smallest absolute Gasteiger partial charge is 0.296 e. The number of nitrogens with zero attached hydrogens (tertiary/aromatic N) is 2. The Bertz CT molecular complexity index is 1940. The minimum absolute atomic E-state index is 0. The molecular weight excluding hydrogens is 656 g/mol. The summed E-state index contributed by atoms with van der Waals surface area (Å²) in [5.74, 6) is -2.21. The Morgan fingerprint density at radius 1 is 0.718 bits per heavy atom. The second-order valence-corrected chi connectivity index (χ2v) is 14.0. The summed E-state index contributed by atoms with van der Waals surface area (Å²) >= 11 is 0. The number of rotatable bonds is 8. The van der Waals surface area contributed by atoms with Crippen LogP contribution in [0.4, 0.5) is 11.4 Å². The zero-order valence-electron chi connectivity index (χ0n) is 19.2. The number of azo groups is 1. The van der Waals surface area contributed by atoms with Gasteiger partial charge in [0.15, 0.2) is 15.6 Å². The van der Waals surface area contributed by atoms with Gasteiger partial charge in [0.25, 0.3) is 30.4 Å². The van der Waals surface area contributed by atoms with Crippen molar-refractivity contribution < 1.29 is 74.6 Å². The Morgan fingerprint density at radius 3 is 1.82 bits per heavy atom. The molecule has 3 rings (SSSR count). The minimum Gasteiger partial charge on any atom is -0.506 e. The average molecular weight is 674 g/mol. The van der Waals surface area contributed by atoms with Crippen molar-refractivity contribution in [2.45, 2.75) is 32.9 Å². The monoisotopic (exact) mass is 673 g/mol. The van der Waals surface area contributed by atoms with Gasteiger partial charge < -0.3 is 10.2 Å². The Kier molecular flexibility index (Phi) is 9.23. The second kappa shape index (κ2) is 11.1. The summed E-state index contributed by atoms with van der Waals surface area (Å²) in [7, 11) is -19.5. The Labute approximate surface area is 232 Å². The molecule has 0 spiro atoms. The van der Waals surface area contributed by atoms with Crippen LogP contribution in [-0.4, -0.2) is 63.3 Å². The van der Waals surface area contributed by atoms with Crippen LogP contribution in [-0.2, 0) is 57.3 Å². The topological polar surface area (TPSA) is 262 Å². The molecule has 0 heterocycles. The number of fused-ring (bicyclic) bond motifs is 1. The van der Waals surface area contributed by atoms with Crippen molar-refractivity contribution in [3.05, 3.63) is 36.4 Å². The van der Waals surface area contributed by atoms with Crippen LogP contribution in [0.5, 0.6) is 11.5 Å². The predicted molar refractivity (Wildman–Crippen MR) is 130 cm³/mol. The van der Waals surface area contributed by atoms with Crippen LogP contribution >= 0.6 is 0 Å². The summed E-state index contributed by atoms with van der Waals surface area (Å²) in [6.07, 6.45) is 0.262. The fourth-order valence-electron chi connectivity index (χ4n) is 3.34. The normalized spacial score (nSPS) is 13.0. The van der Waals surface area contributed by atoms with E-state index in [0.717, 1.165) is 18.2 Å². The van der Waals surface area contributed by atoms with Gasteiger partial charge in [-0.1, -0.05) is 6.92 Å². The van der Waals surface area contributed by atoms with Gasteiger partial charge in [-0.15, -0.1) is 10.2 Å². The van der Waals surface area contributed by atoms with Gasteiger partial charge in [-0.3, -0.25) is 13.7 Å². The van der Waals surface area contributed by atoms with Crippen molar-refractivity contribution >= 4 is 62.3 Å². The van der Waals surface area contributed by atoms with Crippen LogP contribution in [0.1, 0.15) is 13.3 Å². The van der Waals surface area contributed by atoms with Crippen LogP contribution in [0.25, 0.3) is 10.8 Å². The molecule has 0 bridgehead atoms. The van der Waals surface area contributed by atoms with Crippen molar-refractivity contribution in [2.75, 3.05) is 5.75 Å². The predicted octanol–water partition coefficient (Wildman–Crippen LogP) is 2.59. The first-order chi connectivity index (χ1) is 17.3. The maximum Gasteiger partial charge on any atom is 0.296 e. The Balaban J connectivity index is 0.00000533. The second-order valence-electron chi connectivity index (χ2n) is 7.69. The van der Waals surface area contributed by atoms with Crippen LogP contribution in [0.3, 0.4) is 0 Å². The van der Waals surface area contributed by atoms with E-state index in [1.165, 1.54) is 0 Å². The third kappa shape index (κ3) is 6.91. The fraction of sp³-hybridized carbons (Fsp3) is 0.158. The zero-order chi connectivity index (χ0) is 28.8. The molecule has 20 heteroatoms. The van der Waals surface area contributed by atoms with Gasteiger partial charge in [0.2, 0.25) is 0 Å². The van der Waals surface area contributed by atoms with E-state index in [-0.39, 0.29) is 40.2 Å². The van der Waals surface area contributed by atoms with Crippen molar-refractivity contribution in [2.24, 2.45) is 10.2 Å². The number of hydrogen-bond acceptors (Lipinski definition) is 12. The standard InChI is InChI=1S/C19H18N2O13S4.Cu/c1-2-5-35(24,25)11-3-4-14(22)13(8-11)20-21-18-16(38(32,33)34)7-10-6-12(36(26,27)28)9-15(37(29,30)31)17(10)19(18)23;/h3-4,6-9,22-23H,2,5H2,1H3,(H,26,27,28)(H,29,30,31)(H,32,33,34);. The van der Waals surface area contributed by atoms with Crippen LogP contribution in [0.2, 0.25) is 0 Å². The minimum atomic E-state index is -5.33. The quantitative estimate of drug-likeness (QED) is 0.131. The first-order valence-electron chi connectivity index (χ1n) is 10.0. The molecule has 0 saturated carbocycles. The molecule has 0 aliphatic heterocycles. The van der Waals surface area contributed by atoms with E-state index >= 15 is 0 Å². The van der Waals surface area contributed by atoms with E-state index in [1.807, 2.05) is 0 Å². The number of hydrogen-bond donors (Lipinski definition) is 5. The molecule has 0 atom stereocenters. The Hall–Kier alpha value is -2.68. The molecule has 39 heavy (non-hydrogen) atoms. The molecule has 5 N–H and O–H groups in total. The molecule has 0 aliphatic carbocycles. The summed E-state index contributed by atoms with van der Waals surface area (Å²) in [6, 6.07) is 4.20. The molecule has 0 aromatic heterocycles. The molecule has 0 aliphatic rings. The number of benzene rings is 3. The number of sulfone groups is 1. The molecule has 0 unspecified atom stereocenters. The Morgan fingerprint density at radius 2 is 1.31 bits per heavy atom. The van der Waals surface area contributed by atoms with Crippen molar-refractivity contribution in [1.29, 1.82) is 0 Å². The van der Waals surface area contributed by atoms with Crippen LogP contribution < -0.4 is 0 Å². The van der Waals surface area contributed by atoms with Gasteiger partial charge in [0.1, 0.15) is 26.9 Å². The third-order valence-corrected chi connectivity index (χ3v) is 9.47. The van der Waals surface area contributed by atoms with E-state index in [4.69, 9.17) is 0 Å². The van der Waals surface area contributed by atoms with E-state index < -0.39 is 88.5 Å². The summed E-state index contributed by atoms with van der Waals surface area (Å²) in [6.45, 7) is 1.61. The molecule has 15 nitrogen and oxygen atoms in total. The molecule has 3 aromatic carbocycles. The summed E-state index contributed by atoms with van der Waals surface area (Å²) in [4.78, 5) is -3.90. The maximum absolute atomic E-state index is 12.3. The summed E-state index contributed by atoms with van der Waals surface area (Å²) in [5.41, 5.74) is -1.65. The van der Waals surface area contributed by atoms with Gasteiger partial charge in [0, 0.05) is 22.5 Å². The number of phenolic OH excluding ortho intramolecular Hbond substituents is 2. The van der Waals surface area contributed by atoms with Gasteiger partial charge in [-0.05, 0) is 48.2 Å². The van der Waals surface area contributed by atoms with E-state index in [1.54, 1.807) is 6.92 Å². The fourth-order valence-corrected chi connectivity index (χ4v) is 6.70. The zero-order valence-corrected chi connectivity index (χ0v) is 23.4. The maximum atomic E-state index is 12.3. The summed E-state index contributed by atoms with van der Waals surface area (Å²) < 4.78 is 124. The number of phenols is 2. The van der Waals surface area contributed by atoms with E-state index in [0.29, 0.717) is 12.1 Å². The first-order valence-corrected chi connectivity index (χ1v) is 16.0. The molecule has 217 valence electrons. The van der Waals surface area contributed by atoms with Gasteiger partial charge in [-0.2, -0.15) is 25.3 Å². The molecular formula is C19H18CuN2O13S4. The summed E-state index contributed by atoms with van der Waals surface area (Å²) in [5, 5.41) is 26.2. The molecule has 0 saturated heterocycles. The van der Waals surface area contributed by atoms with Crippen molar-refractivity contribution in [1.82, 2.24) is 0 Å². The third-order valence-electron chi connectivity index (χ3n) is 4.98. The molecule has 1 radical (unpaired) electrons. The van der Waals surface area contributed by atoms with Crippen LogP contribution in [0, 0.1) is 0 Å². The van der Waals surface area contributed by atoms with Crippen molar-refractivity contribution in [3.8, 4) is 11.5 Å². The van der Waals surface area contributed by atoms with E-state index in [9.17, 15) is 57.5 Å². The molecule has 0 amide bonds. The largest absolute Gasteiger partial charge is 0.506 e. The first kappa shape index (κ1) is 32.5. The van der Waals surface area contributed by atoms with Gasteiger partial charge in [0.05, 0.1) is 15.5 Å². The number of aromatic hydroxyl groups is 2. The van der Waals surface area contributed by atoms with Crippen LogP contribution in [0.15, 0.2) is 66.2 Å².